The van der Waals surface area contributed by atoms with E-state index in [2.05, 4.69) is 15.5 Å². The van der Waals surface area contributed by atoms with Crippen LogP contribution in [0.4, 0.5) is 0 Å². The average Bonchev–Trinajstić information content (AvgIpc) is 3.10. The van der Waals surface area contributed by atoms with Crippen molar-refractivity contribution in [2.24, 2.45) is 5.92 Å². The summed E-state index contributed by atoms with van der Waals surface area (Å²) in [6.45, 7) is 2.14. The van der Waals surface area contributed by atoms with Crippen LogP contribution in [0.5, 0.6) is 5.75 Å². The van der Waals surface area contributed by atoms with Gasteiger partial charge in [-0.1, -0.05) is 25.1 Å². The molecule has 0 saturated carbocycles. The zero-order valence-electron chi connectivity index (χ0n) is 11.6. The molecule has 1 aliphatic rings. The van der Waals surface area contributed by atoms with Crippen molar-refractivity contribution < 1.29 is 14.6 Å². The van der Waals surface area contributed by atoms with Gasteiger partial charge < -0.3 is 9.84 Å². The maximum Gasteiger partial charge on any atom is 0.306 e. The topological polar surface area (TPSA) is 90.1 Å². The van der Waals surface area contributed by atoms with Crippen molar-refractivity contribution >= 4 is 5.97 Å². The molecule has 1 aromatic carbocycles. The van der Waals surface area contributed by atoms with E-state index in [4.69, 9.17) is 9.84 Å². The van der Waals surface area contributed by atoms with Gasteiger partial charge in [-0.25, -0.2) is 4.68 Å². The van der Waals surface area contributed by atoms with Crippen LogP contribution in [-0.4, -0.2) is 31.3 Å². The molecule has 0 fully saturated rings. The molecule has 1 N–H and O–H groups in total. The van der Waals surface area contributed by atoms with Crippen molar-refractivity contribution in [3.05, 3.63) is 35.7 Å². The molecule has 2 heterocycles. The van der Waals surface area contributed by atoms with E-state index in [1.807, 2.05) is 24.3 Å². The Morgan fingerprint density at radius 1 is 1.52 bits per heavy atom. The highest BCUT2D eigenvalue weighted by Crippen LogP contribution is 2.35. The lowest BCUT2D eigenvalue weighted by Gasteiger charge is -2.11. The molecule has 0 aliphatic carbocycles. The van der Waals surface area contributed by atoms with Gasteiger partial charge in [-0.15, -0.1) is 5.10 Å². The van der Waals surface area contributed by atoms with Crippen LogP contribution in [0.15, 0.2) is 24.3 Å². The average molecular weight is 288 g/mol. The number of carboxylic acid groups (broad SMARTS) is 1. The maximum absolute atomic E-state index is 10.9. The van der Waals surface area contributed by atoms with Gasteiger partial charge in [-0.2, -0.15) is 0 Å². The lowest BCUT2D eigenvalue weighted by molar-refractivity contribution is -0.141. The number of ether oxygens (including phenoxy) is 1. The second-order valence-corrected chi connectivity index (χ2v) is 5.21. The van der Waals surface area contributed by atoms with Gasteiger partial charge in [-0.3, -0.25) is 4.79 Å². The Bertz CT molecular complexity index is 630. The second kappa shape index (κ2) is 5.51. The molecule has 1 aromatic heterocycles. The first kappa shape index (κ1) is 13.5. The minimum absolute atomic E-state index is 0.211. The number of aromatic nitrogens is 4. The van der Waals surface area contributed by atoms with Crippen molar-refractivity contribution in [2.75, 3.05) is 0 Å². The molecule has 2 unspecified atom stereocenters. The number of carbonyl (C=O) groups is 1. The van der Waals surface area contributed by atoms with E-state index in [1.165, 1.54) is 0 Å². The van der Waals surface area contributed by atoms with E-state index < -0.39 is 11.9 Å². The van der Waals surface area contributed by atoms with Crippen LogP contribution in [0, 0.1) is 5.92 Å². The van der Waals surface area contributed by atoms with Crippen LogP contribution >= 0.6 is 0 Å². The van der Waals surface area contributed by atoms with E-state index >= 15 is 0 Å². The lowest BCUT2D eigenvalue weighted by Crippen LogP contribution is -2.17. The molecule has 21 heavy (non-hydrogen) atoms. The summed E-state index contributed by atoms with van der Waals surface area (Å²) in [7, 11) is 0. The van der Waals surface area contributed by atoms with Gasteiger partial charge >= 0.3 is 5.97 Å². The third kappa shape index (κ3) is 2.72. The summed E-state index contributed by atoms with van der Waals surface area (Å²) in [5.74, 6) is 0.262. The monoisotopic (exact) mass is 288 g/mol. The van der Waals surface area contributed by atoms with Gasteiger partial charge in [0.2, 0.25) is 0 Å². The number of carboxylic acids is 1. The second-order valence-electron chi connectivity index (χ2n) is 5.21. The van der Waals surface area contributed by atoms with Crippen LogP contribution < -0.4 is 4.74 Å². The summed E-state index contributed by atoms with van der Waals surface area (Å²) in [5, 5.41) is 20.6. The molecule has 0 amide bonds. The SMILES string of the molecule is CC(CCn1nnnc1C1Cc2ccccc2O1)C(=O)O. The predicted octanol–water partition coefficient (Wildman–Crippen LogP) is 1.46. The van der Waals surface area contributed by atoms with Gasteiger partial charge in [-0.05, 0) is 28.5 Å². The minimum Gasteiger partial charge on any atom is -0.482 e. The minimum atomic E-state index is -0.811. The number of hydrogen-bond donors (Lipinski definition) is 1. The number of hydrogen-bond acceptors (Lipinski definition) is 5. The molecule has 7 heteroatoms. The fraction of sp³-hybridized carbons (Fsp3) is 0.429. The number of fused-ring (bicyclic) bond motifs is 1. The first-order valence-electron chi connectivity index (χ1n) is 6.88. The summed E-state index contributed by atoms with van der Waals surface area (Å²) < 4.78 is 7.50. The molecule has 0 bridgehead atoms. The van der Waals surface area contributed by atoms with Crippen LogP contribution in [0.2, 0.25) is 0 Å². The number of rotatable bonds is 5. The highest BCUT2D eigenvalue weighted by Gasteiger charge is 2.28. The molecule has 7 nitrogen and oxygen atoms in total. The zero-order chi connectivity index (χ0) is 14.8. The van der Waals surface area contributed by atoms with Crippen molar-refractivity contribution in [1.82, 2.24) is 20.2 Å². The smallest absolute Gasteiger partial charge is 0.306 e. The van der Waals surface area contributed by atoms with Gasteiger partial charge in [0.1, 0.15) is 5.75 Å². The molecule has 0 saturated heterocycles. The normalized spacial score (nSPS) is 18.0. The Morgan fingerprint density at radius 2 is 2.33 bits per heavy atom. The number of aryl methyl sites for hydroxylation is 1. The van der Waals surface area contributed by atoms with E-state index in [9.17, 15) is 4.79 Å². The number of benzene rings is 1. The van der Waals surface area contributed by atoms with Crippen LogP contribution in [0.25, 0.3) is 0 Å². The summed E-state index contributed by atoms with van der Waals surface area (Å²) in [6.07, 6.45) is 0.996. The molecule has 3 rings (SSSR count). The number of tetrazole rings is 1. The Morgan fingerprint density at radius 3 is 3.10 bits per heavy atom. The first-order chi connectivity index (χ1) is 10.1. The molecule has 2 atom stereocenters. The van der Waals surface area contributed by atoms with Gasteiger partial charge in [0.05, 0.1) is 5.92 Å². The van der Waals surface area contributed by atoms with E-state index in [0.29, 0.717) is 18.8 Å². The Labute approximate surface area is 121 Å². The van der Waals surface area contributed by atoms with E-state index in [1.54, 1.807) is 11.6 Å². The maximum atomic E-state index is 10.9. The number of para-hydroxylation sites is 1. The summed E-state index contributed by atoms with van der Waals surface area (Å²) >= 11 is 0. The number of nitrogens with zero attached hydrogens (tertiary/aromatic N) is 4. The van der Waals surface area contributed by atoms with E-state index in [-0.39, 0.29) is 6.10 Å². The van der Waals surface area contributed by atoms with Crippen molar-refractivity contribution in [3.8, 4) is 5.75 Å². The summed E-state index contributed by atoms with van der Waals surface area (Å²) in [4.78, 5) is 10.9. The fourth-order valence-corrected chi connectivity index (χ4v) is 2.37. The highest BCUT2D eigenvalue weighted by atomic mass is 16.5. The molecule has 1 aliphatic heterocycles. The third-order valence-electron chi connectivity index (χ3n) is 3.69. The zero-order valence-corrected chi connectivity index (χ0v) is 11.6. The van der Waals surface area contributed by atoms with Crippen molar-refractivity contribution in [2.45, 2.75) is 32.4 Å². The Hall–Kier alpha value is -2.44. The van der Waals surface area contributed by atoms with Crippen molar-refractivity contribution in [3.63, 3.8) is 0 Å². The number of aliphatic carboxylic acids is 1. The highest BCUT2D eigenvalue weighted by molar-refractivity contribution is 5.69. The summed E-state index contributed by atoms with van der Waals surface area (Å²) in [6, 6.07) is 7.85. The molecular formula is C14H16N4O3. The van der Waals surface area contributed by atoms with Crippen LogP contribution in [-0.2, 0) is 17.8 Å². The fourth-order valence-electron chi connectivity index (χ4n) is 2.37. The van der Waals surface area contributed by atoms with Crippen LogP contribution in [0.1, 0.15) is 30.8 Å². The standard InChI is InChI=1S/C14H16N4O3/c1-9(14(19)20)6-7-18-13(15-16-17-18)12-8-10-4-2-3-5-11(10)21-12/h2-5,9,12H,6-8H2,1H3,(H,19,20). The molecule has 0 radical (unpaired) electrons. The first-order valence-corrected chi connectivity index (χ1v) is 6.88. The molecule has 0 spiro atoms. The largest absolute Gasteiger partial charge is 0.482 e. The molecule has 110 valence electrons. The van der Waals surface area contributed by atoms with E-state index in [0.717, 1.165) is 17.7 Å². The quantitative estimate of drug-likeness (QED) is 0.895. The molecular weight excluding hydrogens is 272 g/mol. The Kier molecular flexibility index (Phi) is 3.55. The summed E-state index contributed by atoms with van der Waals surface area (Å²) in [5.41, 5.74) is 1.14. The van der Waals surface area contributed by atoms with Gasteiger partial charge in [0.25, 0.3) is 0 Å². The van der Waals surface area contributed by atoms with Gasteiger partial charge in [0, 0.05) is 13.0 Å². The van der Waals surface area contributed by atoms with Crippen LogP contribution in [0.3, 0.4) is 0 Å². The predicted molar refractivity (Wildman–Crippen MR) is 72.7 cm³/mol. The Balaban J connectivity index is 1.71. The van der Waals surface area contributed by atoms with Gasteiger partial charge in [0.15, 0.2) is 11.9 Å². The van der Waals surface area contributed by atoms with Crippen molar-refractivity contribution in [1.29, 1.82) is 0 Å². The third-order valence-corrected chi connectivity index (χ3v) is 3.69. The molecule has 2 aromatic rings. The lowest BCUT2D eigenvalue weighted by atomic mass is 10.1.